The summed E-state index contributed by atoms with van der Waals surface area (Å²) in [6, 6.07) is 49.9. The monoisotopic (exact) mass is 1390 g/mol. The number of hydrogen-bond acceptors (Lipinski definition) is 11. The Morgan fingerprint density at radius 1 is 0.446 bits per heavy atom. The molecule has 0 aliphatic carbocycles. The van der Waals surface area contributed by atoms with Gasteiger partial charge in [0.25, 0.3) is 19.8 Å². The lowest BCUT2D eigenvalue weighted by Gasteiger charge is -2.43. The number of rotatable bonds is 18. The first-order valence-corrected chi connectivity index (χ1v) is 41.2. The summed E-state index contributed by atoms with van der Waals surface area (Å²) in [6.45, 7) is 36.8. The molecule has 2 atom stereocenters. The third kappa shape index (κ3) is 23.4. The zero-order valence-electron chi connectivity index (χ0n) is 62.8. The van der Waals surface area contributed by atoms with E-state index in [4.69, 9.17) is 4.98 Å². The number of ketones is 1. The first-order valence-electron chi connectivity index (χ1n) is 36.6. The van der Waals surface area contributed by atoms with Crippen LogP contribution in [0.1, 0.15) is 145 Å². The Morgan fingerprint density at radius 3 is 1.29 bits per heavy atom. The Labute approximate surface area is 610 Å². The van der Waals surface area contributed by atoms with Crippen molar-refractivity contribution in [3.8, 4) is 0 Å². The van der Waals surface area contributed by atoms with E-state index in [1.165, 1.54) is 67.9 Å². The van der Waals surface area contributed by atoms with Gasteiger partial charge in [0.1, 0.15) is 5.69 Å². The van der Waals surface area contributed by atoms with Crippen molar-refractivity contribution in [2.75, 3.05) is 9.20 Å². The van der Waals surface area contributed by atoms with Crippen LogP contribution in [0.15, 0.2) is 195 Å². The van der Waals surface area contributed by atoms with Gasteiger partial charge >= 0.3 is 14.4 Å². The van der Waals surface area contributed by atoms with Gasteiger partial charge in [-0.1, -0.05) is 294 Å². The number of para-hydroxylation sites is 1. The van der Waals surface area contributed by atoms with Crippen LogP contribution in [0.3, 0.4) is 0 Å². The molecular weight excluding hydrogens is 1280 g/mol. The second-order valence-electron chi connectivity index (χ2n) is 30.3. The van der Waals surface area contributed by atoms with Gasteiger partial charge in [-0.3, -0.25) is 39.8 Å². The summed E-state index contributed by atoms with van der Waals surface area (Å²) < 4.78 is 2.88. The van der Waals surface area contributed by atoms with Crippen molar-refractivity contribution in [3.63, 3.8) is 0 Å². The second-order valence-corrected chi connectivity index (χ2v) is 36.2. The van der Waals surface area contributed by atoms with Gasteiger partial charge in [-0.15, -0.1) is 0 Å². The maximum Gasteiger partial charge on any atom is 0.415 e. The summed E-state index contributed by atoms with van der Waals surface area (Å²) in [6.07, 6.45) is 20.8. The van der Waals surface area contributed by atoms with Crippen LogP contribution in [0.25, 0.3) is 77.6 Å². The Bertz CT molecular complexity index is 4410. The molecule has 0 spiro atoms. The molecule has 8 heterocycles. The highest BCUT2D eigenvalue weighted by molar-refractivity contribution is 6.64. The number of benzene rings is 5. The number of nitrogens with zero attached hydrogens (tertiary/aromatic N) is 8. The standard InChI is InChI=1S/C16H14N2O.C16H18N2.C16H17N2.C12H8N2.C6H5NO2.5C4H9.2Al.H2O/c1-10(2)16(19)13-8-7-12-6-5-11-4-3-9-17-14(11)15(12)18-13;2*1-11(2)10-14-8-7-13-6-5-12-4-3-9-17-15(12)16(13)18-14;1-3-9-5-6-10-4-2-8-14-12(10)11(9)13-7-1;8-7(9)6-4-2-1-3-5-6;5*1-4(2)3;;;/h3-10H,1-2H3;3-9,11,14,18H,10H2,1-2H3;3-9,11,14H,10H2,1-2H3;1-8H;1-5H;5*4H,1H2,2-3H3;;;1H2/q;;-1;;;;;;;;;+1;. The van der Waals surface area contributed by atoms with Gasteiger partial charge in [0.2, 0.25) is 0 Å². The van der Waals surface area contributed by atoms with Crippen LogP contribution in [0.2, 0.25) is 26.4 Å². The van der Waals surface area contributed by atoms with Gasteiger partial charge in [0.05, 0.1) is 43.7 Å². The van der Waals surface area contributed by atoms with Crippen molar-refractivity contribution >= 4 is 129 Å². The van der Waals surface area contributed by atoms with E-state index in [-0.39, 0.29) is 22.9 Å². The summed E-state index contributed by atoms with van der Waals surface area (Å²) in [5.41, 5.74) is 11.7. The van der Waals surface area contributed by atoms with Gasteiger partial charge in [-0.25, -0.2) is 4.98 Å². The van der Waals surface area contributed by atoms with Crippen LogP contribution in [0.4, 0.5) is 17.1 Å². The molecule has 0 saturated carbocycles. The number of anilines is 2. The summed E-state index contributed by atoms with van der Waals surface area (Å²) >= 11 is -1.56. The second kappa shape index (κ2) is 39.2. The van der Waals surface area contributed by atoms with E-state index in [9.17, 15) is 14.9 Å². The molecule has 13 nitrogen and oxygen atoms in total. The number of aromatic nitrogens is 6. The minimum absolute atomic E-state index is 0. The number of hydrogen-bond donors (Lipinski definition) is 1. The first-order chi connectivity index (χ1) is 47.9. The molecule has 0 fully saturated rings. The van der Waals surface area contributed by atoms with Crippen LogP contribution < -0.4 is 9.20 Å². The maximum absolute atomic E-state index is 12.0. The molecule has 15 heteroatoms. The van der Waals surface area contributed by atoms with E-state index < -0.39 is 33.4 Å². The molecule has 528 valence electrons. The third-order valence-electron chi connectivity index (χ3n) is 17.8. The fourth-order valence-electron chi connectivity index (χ4n) is 13.8. The van der Waals surface area contributed by atoms with Gasteiger partial charge < -0.3 is 14.7 Å². The van der Waals surface area contributed by atoms with Crippen molar-refractivity contribution in [1.82, 2.24) is 29.9 Å². The molecular formula is C86H109Al2N9O4. The molecule has 0 saturated heterocycles. The van der Waals surface area contributed by atoms with Gasteiger partial charge in [-0.2, -0.15) is 0 Å². The number of carbonyl (C=O) groups excluding carboxylic acids is 1. The number of nitro groups is 1. The van der Waals surface area contributed by atoms with Gasteiger partial charge in [-0.05, 0) is 72.2 Å². The molecule has 5 aromatic carbocycles. The lowest BCUT2D eigenvalue weighted by Crippen LogP contribution is -2.49. The van der Waals surface area contributed by atoms with Crippen LogP contribution in [0.5, 0.6) is 0 Å². The first kappa shape index (κ1) is 80.1. The fourth-order valence-corrected chi connectivity index (χ4v) is 22.6. The maximum atomic E-state index is 12.0. The van der Waals surface area contributed by atoms with Crippen molar-refractivity contribution in [3.05, 3.63) is 222 Å². The van der Waals surface area contributed by atoms with Crippen molar-refractivity contribution in [1.29, 1.82) is 0 Å². The lowest BCUT2D eigenvalue weighted by molar-refractivity contribution is -0.384. The van der Waals surface area contributed by atoms with Crippen molar-refractivity contribution in [2.24, 2.45) is 47.3 Å². The Morgan fingerprint density at radius 2 is 0.842 bits per heavy atom. The molecule has 2 unspecified atom stereocenters. The van der Waals surface area contributed by atoms with Crippen LogP contribution in [0, 0.1) is 57.5 Å². The molecule has 0 bridgehead atoms. The quantitative estimate of drug-likeness (QED) is 0.0283. The van der Waals surface area contributed by atoms with E-state index in [0.717, 1.165) is 85.1 Å². The minimum Gasteiger partial charge on any atom is -0.455 e. The molecule has 13 rings (SSSR count). The molecule has 2 aliphatic rings. The van der Waals surface area contributed by atoms with Crippen LogP contribution >= 0.6 is 0 Å². The Hall–Kier alpha value is -8.27. The average molecular weight is 1390 g/mol. The van der Waals surface area contributed by atoms with E-state index in [0.29, 0.717) is 29.6 Å². The predicted molar refractivity (Wildman–Crippen MR) is 434 cm³/mol. The van der Waals surface area contributed by atoms with Gasteiger partial charge in [0.15, 0.2) is 5.78 Å². The molecule has 6 aromatic heterocycles. The zero-order valence-corrected chi connectivity index (χ0v) is 65.1. The van der Waals surface area contributed by atoms with Crippen molar-refractivity contribution < 1.29 is 15.2 Å². The number of non-ortho nitro benzene ring substituents is 1. The number of nitro benzene ring substituents is 1. The fraction of sp³-hybridized carbons (Fsp3) is 0.384. The summed E-state index contributed by atoms with van der Waals surface area (Å²) in [5.74, 6) is 5.67. The average Bonchev–Trinajstić information content (AvgIpc) is 0.765. The highest BCUT2D eigenvalue weighted by Gasteiger charge is 2.37. The minimum atomic E-state index is -1.15. The van der Waals surface area contributed by atoms with E-state index in [1.54, 1.807) is 58.7 Å². The molecule has 0 amide bonds. The van der Waals surface area contributed by atoms with Gasteiger partial charge in [0, 0.05) is 99.1 Å². The molecule has 3 N–H and O–H groups in total. The molecule has 2 aliphatic heterocycles. The van der Waals surface area contributed by atoms with E-state index in [1.807, 2.05) is 74.8 Å². The molecule has 0 radical (unpaired) electrons. The smallest absolute Gasteiger partial charge is 0.415 e. The predicted octanol–water partition coefficient (Wildman–Crippen LogP) is 22.5. The molecule has 11 aromatic rings. The zero-order chi connectivity index (χ0) is 72.0. The van der Waals surface area contributed by atoms with E-state index in [2.05, 4.69) is 222 Å². The SMILES string of the molecule is CC(C)C(=O)c1ccc2ccc3cccnc3c2n1.CC(C)CC1C=Cc2ccc3cccnc3c2N1.CC(C)CC1C=Cc2ccc3cccnc3c2[N]1[Al]([CH2]C(C)C)[CH2]C(C)C.CC(C)[CH2][Al]([CH2]C(C)C)[CH2]C(C)C.O.O=[N+]([O-])c1ccccc1.c1cnc2c(c1)ccc1cccnc12. The van der Waals surface area contributed by atoms with Crippen LogP contribution in [-0.4, -0.2) is 86.7 Å². The highest BCUT2D eigenvalue weighted by atomic mass is 27.2. The summed E-state index contributed by atoms with van der Waals surface area (Å²) in [7, 11) is 0. The number of pyridine rings is 6. The normalized spacial score (nSPS) is 13.6. The highest BCUT2D eigenvalue weighted by Crippen LogP contribution is 2.40. The van der Waals surface area contributed by atoms with E-state index >= 15 is 0 Å². The van der Waals surface area contributed by atoms with Crippen molar-refractivity contribution in [2.45, 2.75) is 162 Å². The number of fused-ring (bicyclic) bond motifs is 12. The molecule has 101 heavy (non-hydrogen) atoms. The summed E-state index contributed by atoms with van der Waals surface area (Å²) in [4.78, 5) is 48.6. The number of carbonyl (C=O) groups is 1. The van der Waals surface area contributed by atoms with Crippen LogP contribution in [-0.2, 0) is 0 Å². The Balaban J connectivity index is 0.000000175. The summed E-state index contributed by atoms with van der Waals surface area (Å²) in [5, 5.41) is 27.8. The lowest BCUT2D eigenvalue weighted by atomic mass is 9.97. The topological polar surface area (TPSA) is 184 Å². The Kier molecular flexibility index (Phi) is 31.1. The largest absolute Gasteiger partial charge is 0.455 e. The third-order valence-corrected chi connectivity index (χ3v) is 27.0. The number of Topliss-reactive ketones (excluding diaryl/α,β-unsaturated/α-hetero) is 1. The number of nitrogens with one attached hydrogen (secondary N) is 1.